The first-order chi connectivity index (χ1) is 9.83. The van der Waals surface area contributed by atoms with Crippen LogP contribution in [0.25, 0.3) is 0 Å². The number of rotatable bonds is 7. The normalized spacial score (nSPS) is 10.5. The minimum Gasteiger partial charge on any atom is -0.480 e. The average molecular weight is 296 g/mol. The molecule has 0 aliphatic heterocycles. The van der Waals surface area contributed by atoms with Gasteiger partial charge in [0.1, 0.15) is 12.4 Å². The van der Waals surface area contributed by atoms with Crippen LogP contribution in [0.4, 0.5) is 5.82 Å². The van der Waals surface area contributed by atoms with Gasteiger partial charge >= 0.3 is 11.9 Å². The number of carboxylic acid groups (broad SMARTS) is 1. The van der Waals surface area contributed by atoms with Gasteiger partial charge in [0.05, 0.1) is 7.11 Å². The summed E-state index contributed by atoms with van der Waals surface area (Å²) in [6.45, 7) is 2.63. The van der Waals surface area contributed by atoms with E-state index in [1.165, 1.54) is 7.11 Å². The number of aryl methyl sites for hydroxylation is 1. The Balaban J connectivity index is 3.07. The molecule has 0 aromatic carbocycles. The van der Waals surface area contributed by atoms with Gasteiger partial charge < -0.3 is 19.6 Å². The van der Waals surface area contributed by atoms with Gasteiger partial charge in [-0.3, -0.25) is 4.79 Å². The van der Waals surface area contributed by atoms with Gasteiger partial charge in [-0.05, 0) is 21.0 Å². The van der Waals surface area contributed by atoms with E-state index in [1.54, 1.807) is 17.9 Å². The standard InChI is InChI=1S/C13H20N4O4/c1-9-7-10(15-12(14-9)13(20)21-4)17(8-11(18)19)6-5-16(2)3/h7H,5-6,8H2,1-4H3,(H,18,19). The minimum absolute atomic E-state index is 0.0762. The Kier molecular flexibility index (Phi) is 6.04. The van der Waals surface area contributed by atoms with Gasteiger partial charge in [-0.15, -0.1) is 0 Å². The SMILES string of the molecule is COC(=O)c1nc(C)cc(N(CCN(C)C)CC(=O)O)n1. The monoisotopic (exact) mass is 296 g/mol. The summed E-state index contributed by atoms with van der Waals surface area (Å²) in [6, 6.07) is 1.64. The number of likely N-dealkylation sites (N-methyl/N-ethyl adjacent to an activating group) is 1. The number of methoxy groups -OCH3 is 1. The summed E-state index contributed by atoms with van der Waals surface area (Å²) in [6.07, 6.45) is 0. The lowest BCUT2D eigenvalue weighted by Crippen LogP contribution is -2.36. The lowest BCUT2D eigenvalue weighted by atomic mass is 10.3. The second kappa shape index (κ2) is 7.53. The second-order valence-electron chi connectivity index (χ2n) is 4.80. The molecule has 0 radical (unpaired) electrons. The minimum atomic E-state index is -0.968. The molecule has 1 rings (SSSR count). The van der Waals surface area contributed by atoms with E-state index >= 15 is 0 Å². The number of carboxylic acids is 1. The highest BCUT2D eigenvalue weighted by Crippen LogP contribution is 2.13. The summed E-state index contributed by atoms with van der Waals surface area (Å²) in [7, 11) is 5.03. The van der Waals surface area contributed by atoms with Crippen molar-refractivity contribution in [2.75, 3.05) is 45.7 Å². The molecule has 8 nitrogen and oxygen atoms in total. The van der Waals surface area contributed by atoms with Gasteiger partial charge in [0.15, 0.2) is 0 Å². The van der Waals surface area contributed by atoms with E-state index in [1.807, 2.05) is 19.0 Å². The third-order valence-electron chi connectivity index (χ3n) is 2.68. The molecule has 21 heavy (non-hydrogen) atoms. The molecule has 0 amide bonds. The molecule has 0 unspecified atom stereocenters. The summed E-state index contributed by atoms with van der Waals surface area (Å²) < 4.78 is 4.60. The van der Waals surface area contributed by atoms with Gasteiger partial charge in [-0.1, -0.05) is 0 Å². The van der Waals surface area contributed by atoms with Gasteiger partial charge in [0.2, 0.25) is 5.82 Å². The predicted molar refractivity (Wildman–Crippen MR) is 76.5 cm³/mol. The van der Waals surface area contributed by atoms with E-state index < -0.39 is 11.9 Å². The molecule has 0 fully saturated rings. The summed E-state index contributed by atoms with van der Waals surface area (Å²) in [5.41, 5.74) is 0.570. The van der Waals surface area contributed by atoms with Crippen LogP contribution in [0, 0.1) is 6.92 Å². The fourth-order valence-electron chi connectivity index (χ4n) is 1.66. The largest absolute Gasteiger partial charge is 0.480 e. The van der Waals surface area contributed by atoms with Crippen molar-refractivity contribution in [2.45, 2.75) is 6.92 Å². The third kappa shape index (κ3) is 5.35. The molecule has 1 aromatic rings. The first-order valence-electron chi connectivity index (χ1n) is 6.39. The first kappa shape index (κ1) is 16.8. The number of carbonyl (C=O) groups is 2. The highest BCUT2D eigenvalue weighted by atomic mass is 16.5. The highest BCUT2D eigenvalue weighted by molar-refractivity contribution is 5.85. The van der Waals surface area contributed by atoms with Crippen molar-refractivity contribution in [1.29, 1.82) is 0 Å². The highest BCUT2D eigenvalue weighted by Gasteiger charge is 2.17. The topological polar surface area (TPSA) is 95.9 Å². The van der Waals surface area contributed by atoms with Gasteiger partial charge in [-0.2, -0.15) is 0 Å². The van der Waals surface area contributed by atoms with Crippen molar-refractivity contribution in [3.8, 4) is 0 Å². The summed E-state index contributed by atoms with van der Waals surface area (Å²) in [4.78, 5) is 34.1. The summed E-state index contributed by atoms with van der Waals surface area (Å²) in [5, 5.41) is 9.01. The lowest BCUT2D eigenvalue weighted by molar-refractivity contribution is -0.135. The number of hydrogen-bond acceptors (Lipinski definition) is 7. The van der Waals surface area contributed by atoms with E-state index in [2.05, 4.69) is 14.7 Å². The molecule has 1 N–H and O–H groups in total. The molecule has 0 saturated heterocycles. The van der Waals surface area contributed by atoms with Crippen LogP contribution in [0.3, 0.4) is 0 Å². The van der Waals surface area contributed by atoms with Crippen LogP contribution in [-0.4, -0.2) is 72.8 Å². The molecule has 0 spiro atoms. The number of ether oxygens (including phenoxy) is 1. The Morgan fingerprint density at radius 2 is 1.95 bits per heavy atom. The maximum Gasteiger partial charge on any atom is 0.376 e. The van der Waals surface area contributed by atoms with Crippen LogP contribution in [-0.2, 0) is 9.53 Å². The van der Waals surface area contributed by atoms with E-state index in [4.69, 9.17) is 5.11 Å². The zero-order valence-electron chi connectivity index (χ0n) is 12.7. The molecule has 1 heterocycles. The molecule has 0 atom stereocenters. The Morgan fingerprint density at radius 1 is 1.29 bits per heavy atom. The van der Waals surface area contributed by atoms with E-state index in [-0.39, 0.29) is 12.4 Å². The molecule has 116 valence electrons. The third-order valence-corrected chi connectivity index (χ3v) is 2.68. The van der Waals surface area contributed by atoms with E-state index in [0.717, 1.165) is 0 Å². The van der Waals surface area contributed by atoms with Crippen LogP contribution < -0.4 is 4.90 Å². The number of aromatic nitrogens is 2. The molecule has 0 saturated carbocycles. The molecular weight excluding hydrogens is 276 g/mol. The molecule has 0 aliphatic carbocycles. The number of esters is 1. The summed E-state index contributed by atoms with van der Waals surface area (Å²) >= 11 is 0. The van der Waals surface area contributed by atoms with Crippen molar-refractivity contribution in [1.82, 2.24) is 14.9 Å². The zero-order chi connectivity index (χ0) is 16.0. The maximum atomic E-state index is 11.5. The van der Waals surface area contributed by atoms with Gasteiger partial charge in [-0.25, -0.2) is 14.8 Å². The first-order valence-corrected chi connectivity index (χ1v) is 6.39. The lowest BCUT2D eigenvalue weighted by Gasteiger charge is -2.24. The molecule has 0 aliphatic rings. The molecular formula is C13H20N4O4. The quantitative estimate of drug-likeness (QED) is 0.704. The van der Waals surface area contributed by atoms with Crippen molar-refractivity contribution >= 4 is 17.8 Å². The number of anilines is 1. The van der Waals surface area contributed by atoms with E-state index in [9.17, 15) is 9.59 Å². The number of aliphatic carboxylic acids is 1. The van der Waals surface area contributed by atoms with Crippen molar-refractivity contribution < 1.29 is 19.4 Å². The van der Waals surface area contributed by atoms with Crippen LogP contribution in [0.15, 0.2) is 6.07 Å². The zero-order valence-corrected chi connectivity index (χ0v) is 12.7. The Labute approximate surface area is 123 Å². The molecule has 8 heteroatoms. The predicted octanol–water partition coefficient (Wildman–Crippen LogP) is 0.0242. The van der Waals surface area contributed by atoms with Crippen LogP contribution >= 0.6 is 0 Å². The fourth-order valence-corrected chi connectivity index (χ4v) is 1.66. The maximum absolute atomic E-state index is 11.5. The smallest absolute Gasteiger partial charge is 0.376 e. The fraction of sp³-hybridized carbons (Fsp3) is 0.538. The Morgan fingerprint density at radius 3 is 2.48 bits per heavy atom. The van der Waals surface area contributed by atoms with Crippen LogP contribution in [0.5, 0.6) is 0 Å². The Bertz CT molecular complexity index is 519. The van der Waals surface area contributed by atoms with Gasteiger partial charge in [0, 0.05) is 24.8 Å². The summed E-state index contributed by atoms with van der Waals surface area (Å²) in [5.74, 6) is -1.30. The molecule has 0 bridgehead atoms. The van der Waals surface area contributed by atoms with Crippen molar-refractivity contribution in [3.05, 3.63) is 17.6 Å². The number of carbonyl (C=O) groups excluding carboxylic acids is 1. The van der Waals surface area contributed by atoms with E-state index in [0.29, 0.717) is 24.6 Å². The number of hydrogen-bond donors (Lipinski definition) is 1. The Hall–Kier alpha value is -2.22. The van der Waals surface area contributed by atoms with Crippen LogP contribution in [0.2, 0.25) is 0 Å². The second-order valence-corrected chi connectivity index (χ2v) is 4.80. The van der Waals surface area contributed by atoms with Crippen LogP contribution in [0.1, 0.15) is 16.3 Å². The molecule has 1 aromatic heterocycles. The average Bonchev–Trinajstić information content (AvgIpc) is 2.41. The number of nitrogens with zero attached hydrogens (tertiary/aromatic N) is 4. The van der Waals surface area contributed by atoms with Crippen molar-refractivity contribution in [3.63, 3.8) is 0 Å². The van der Waals surface area contributed by atoms with Crippen molar-refractivity contribution in [2.24, 2.45) is 0 Å². The van der Waals surface area contributed by atoms with Gasteiger partial charge in [0.25, 0.3) is 0 Å².